The van der Waals surface area contributed by atoms with Crippen LogP contribution in [0.3, 0.4) is 0 Å². The molecule has 0 saturated heterocycles. The van der Waals surface area contributed by atoms with Crippen molar-refractivity contribution in [1.29, 1.82) is 0 Å². The minimum Gasteiger partial charge on any atom is -0.478 e. The maximum Gasteiger partial charge on any atom is 0.333 e. The van der Waals surface area contributed by atoms with E-state index in [2.05, 4.69) is 65.3 Å². The van der Waals surface area contributed by atoms with Gasteiger partial charge in [-0.2, -0.15) is 0 Å². The van der Waals surface area contributed by atoms with Gasteiger partial charge < -0.3 is 19.9 Å². The van der Waals surface area contributed by atoms with Gasteiger partial charge in [-0.3, -0.25) is 9.59 Å². The predicted octanol–water partition coefficient (Wildman–Crippen LogP) is 8.52. The largest absolute Gasteiger partial charge is 0.478 e. The number of nitrogens with one attached hydrogen (secondary N) is 1. The first-order valence-corrected chi connectivity index (χ1v) is 19.9. The van der Waals surface area contributed by atoms with Gasteiger partial charge in [0.25, 0.3) is 0 Å². The number of hydrogen-bond acceptors (Lipinski definition) is 6. The summed E-state index contributed by atoms with van der Waals surface area (Å²) in [5.74, 6) is 8.31. The molecule has 1 aliphatic heterocycles. The van der Waals surface area contributed by atoms with Crippen molar-refractivity contribution in [3.63, 3.8) is 0 Å². The summed E-state index contributed by atoms with van der Waals surface area (Å²) in [6.07, 6.45) is 11.6. The van der Waals surface area contributed by atoms with Gasteiger partial charge >= 0.3 is 17.9 Å². The number of allylic oxidation sites excluding steroid dienone is 1. The maximum atomic E-state index is 13.2. The van der Waals surface area contributed by atoms with Crippen LogP contribution >= 0.6 is 0 Å². The molecule has 5 saturated carbocycles. The monoisotopic (exact) mass is 703 g/mol. The highest BCUT2D eigenvalue weighted by molar-refractivity contribution is 5.89. The van der Waals surface area contributed by atoms with Gasteiger partial charge in [-0.1, -0.05) is 58.6 Å². The SMILES string of the molecule is C=C(C)C1CC[C@]2(C#CC3=C(C(=O)O)CNCC3)CC[C@]3(C)C(CCC4[C@@]5(C)CC[C@H](OC(=O)CC(C)(C)C(=O)OC)C(C)(C)C5CC[C@]43C)C12. The maximum absolute atomic E-state index is 13.2. The topological polar surface area (TPSA) is 102 Å². The van der Waals surface area contributed by atoms with Gasteiger partial charge in [-0.05, 0) is 137 Å². The first-order chi connectivity index (χ1) is 23.8. The zero-order chi connectivity index (χ0) is 37.4. The lowest BCUT2D eigenvalue weighted by molar-refractivity contribution is -0.247. The summed E-state index contributed by atoms with van der Waals surface area (Å²) in [6, 6.07) is 0. The van der Waals surface area contributed by atoms with Gasteiger partial charge in [-0.15, -0.1) is 0 Å². The number of hydrogen-bond donors (Lipinski definition) is 2. The second-order valence-corrected chi connectivity index (χ2v) is 19.7. The molecule has 7 heteroatoms. The van der Waals surface area contributed by atoms with Crippen LogP contribution in [0, 0.1) is 73.9 Å². The van der Waals surface area contributed by atoms with Crippen molar-refractivity contribution in [2.45, 2.75) is 139 Å². The molecule has 5 fully saturated rings. The van der Waals surface area contributed by atoms with E-state index in [0.29, 0.717) is 48.1 Å². The molecule has 51 heavy (non-hydrogen) atoms. The normalized spacial score (nSPS) is 41.4. The Morgan fingerprint density at radius 1 is 0.941 bits per heavy atom. The van der Waals surface area contributed by atoms with Crippen molar-refractivity contribution in [2.75, 3.05) is 20.2 Å². The lowest BCUT2D eigenvalue weighted by atomic mass is 9.32. The van der Waals surface area contributed by atoms with Gasteiger partial charge in [0.15, 0.2) is 0 Å². The zero-order valence-electron chi connectivity index (χ0n) is 33.1. The molecule has 10 atom stereocenters. The summed E-state index contributed by atoms with van der Waals surface area (Å²) in [6.45, 7) is 23.9. The molecule has 1 heterocycles. The fourth-order valence-electron chi connectivity index (χ4n) is 13.7. The number of carbonyl (C=O) groups excluding carboxylic acids is 2. The molecule has 282 valence electrons. The highest BCUT2D eigenvalue weighted by atomic mass is 16.5. The van der Waals surface area contributed by atoms with Crippen LogP contribution in [0.25, 0.3) is 0 Å². The standard InChI is InChI=1S/C44H65NO6/c1-27(2)29-14-21-44(20-13-28-17-24-45-26-30(28)37(47)48)23-22-42(8)31(36(29)44)11-12-33-41(7)18-16-34(40(5,6)32(41)15-19-43(33,42)9)51-35(46)25-39(3,4)38(49)50-10/h29,31-34,36,45H,1,11-12,14-19,21-26H2,2-10H3,(H,47,48)/t29?,31?,32?,33?,34-,36?,41-,42+,43+,44+/m0/s1. The number of aliphatic carboxylic acids is 1. The molecule has 0 aromatic heterocycles. The Morgan fingerprint density at radius 2 is 1.67 bits per heavy atom. The van der Waals surface area contributed by atoms with Crippen LogP contribution in [-0.4, -0.2) is 49.3 Å². The summed E-state index contributed by atoms with van der Waals surface area (Å²) >= 11 is 0. The van der Waals surface area contributed by atoms with Crippen LogP contribution in [0.1, 0.15) is 132 Å². The number of fused-ring (bicyclic) bond motifs is 7. The first kappa shape index (κ1) is 38.1. The third kappa shape index (κ3) is 5.93. The molecule has 2 N–H and O–H groups in total. The average Bonchev–Trinajstić information content (AvgIpc) is 3.45. The Kier molecular flexibility index (Phi) is 9.77. The number of rotatable bonds is 6. The molecule has 0 aromatic carbocycles. The summed E-state index contributed by atoms with van der Waals surface area (Å²) in [5.41, 5.74) is 1.85. The fraction of sp³-hybridized carbons (Fsp3) is 0.795. The van der Waals surface area contributed by atoms with Crippen molar-refractivity contribution >= 4 is 17.9 Å². The third-order valence-corrected chi connectivity index (χ3v) is 16.5. The van der Waals surface area contributed by atoms with Gasteiger partial charge in [0, 0.05) is 29.5 Å². The van der Waals surface area contributed by atoms with E-state index in [-0.39, 0.29) is 45.6 Å². The minimum absolute atomic E-state index is 0.0162. The lowest BCUT2D eigenvalue weighted by Crippen LogP contribution is -2.66. The fourth-order valence-corrected chi connectivity index (χ4v) is 13.7. The average molecular weight is 704 g/mol. The molecule has 0 spiro atoms. The number of carboxylic acids is 1. The molecule has 0 radical (unpaired) electrons. The minimum atomic E-state index is -0.919. The predicted molar refractivity (Wildman–Crippen MR) is 199 cm³/mol. The smallest absolute Gasteiger partial charge is 0.333 e. The van der Waals surface area contributed by atoms with Gasteiger partial charge in [0.2, 0.25) is 0 Å². The Morgan fingerprint density at radius 3 is 2.33 bits per heavy atom. The molecule has 5 aliphatic carbocycles. The van der Waals surface area contributed by atoms with Crippen LogP contribution in [0.2, 0.25) is 0 Å². The molecular formula is C44H65NO6. The number of carboxylic acid groups (broad SMARTS) is 1. The molecule has 6 rings (SSSR count). The molecule has 0 aromatic rings. The number of carbonyl (C=O) groups is 3. The van der Waals surface area contributed by atoms with Gasteiger partial charge in [0.05, 0.1) is 24.5 Å². The molecular weight excluding hydrogens is 638 g/mol. The quantitative estimate of drug-likeness (QED) is 0.163. The van der Waals surface area contributed by atoms with Crippen molar-refractivity contribution in [2.24, 2.45) is 62.1 Å². The first-order valence-electron chi connectivity index (χ1n) is 19.9. The molecule has 6 aliphatic rings. The summed E-state index contributed by atoms with van der Waals surface area (Å²) in [7, 11) is 1.36. The highest BCUT2D eigenvalue weighted by Gasteiger charge is 2.71. The van der Waals surface area contributed by atoms with E-state index in [0.717, 1.165) is 57.1 Å². The molecule has 0 amide bonds. The Bertz CT molecular complexity index is 1560. The van der Waals surface area contributed by atoms with Gasteiger partial charge in [0.1, 0.15) is 6.10 Å². The Labute approximate surface area is 307 Å². The number of esters is 2. The second kappa shape index (κ2) is 13.1. The zero-order valence-corrected chi connectivity index (χ0v) is 33.1. The van der Waals surface area contributed by atoms with Crippen LogP contribution < -0.4 is 5.32 Å². The van der Waals surface area contributed by atoms with E-state index in [9.17, 15) is 19.5 Å². The van der Waals surface area contributed by atoms with E-state index in [4.69, 9.17) is 9.47 Å². The van der Waals surface area contributed by atoms with Crippen LogP contribution in [0.4, 0.5) is 0 Å². The summed E-state index contributed by atoms with van der Waals surface area (Å²) < 4.78 is 11.2. The number of ether oxygens (including phenoxy) is 2. The van der Waals surface area contributed by atoms with E-state index in [1.54, 1.807) is 13.8 Å². The highest BCUT2D eigenvalue weighted by Crippen LogP contribution is 2.77. The third-order valence-electron chi connectivity index (χ3n) is 16.5. The van der Waals surface area contributed by atoms with Crippen molar-refractivity contribution in [3.8, 4) is 11.8 Å². The number of methoxy groups -OCH3 is 1. The van der Waals surface area contributed by atoms with E-state index < -0.39 is 17.4 Å². The lowest BCUT2D eigenvalue weighted by Gasteiger charge is -2.72. The van der Waals surface area contributed by atoms with Gasteiger partial charge in [-0.25, -0.2) is 4.79 Å². The molecule has 7 nitrogen and oxygen atoms in total. The van der Waals surface area contributed by atoms with E-state index in [1.165, 1.54) is 31.9 Å². The Hall–Kier alpha value is -2.59. The van der Waals surface area contributed by atoms with Crippen LogP contribution in [0.5, 0.6) is 0 Å². The van der Waals surface area contributed by atoms with E-state index >= 15 is 0 Å². The van der Waals surface area contributed by atoms with Crippen molar-refractivity contribution in [3.05, 3.63) is 23.3 Å². The summed E-state index contributed by atoms with van der Waals surface area (Å²) in [4.78, 5) is 37.6. The molecule has 0 bridgehead atoms. The van der Waals surface area contributed by atoms with E-state index in [1.807, 2.05) is 0 Å². The van der Waals surface area contributed by atoms with Crippen molar-refractivity contribution < 1.29 is 29.0 Å². The Balaban J connectivity index is 1.28. The van der Waals surface area contributed by atoms with Crippen LogP contribution in [-0.2, 0) is 23.9 Å². The van der Waals surface area contributed by atoms with Crippen molar-refractivity contribution in [1.82, 2.24) is 5.32 Å². The summed E-state index contributed by atoms with van der Waals surface area (Å²) in [5, 5.41) is 13.1. The van der Waals surface area contributed by atoms with Crippen LogP contribution in [0.15, 0.2) is 23.3 Å². The second-order valence-electron chi connectivity index (χ2n) is 19.7. The molecule has 5 unspecified atom stereocenters.